The number of phenols is 2. The number of methoxy groups -OCH3 is 1. The van der Waals surface area contributed by atoms with E-state index in [9.17, 15) is 30.6 Å². The Morgan fingerprint density at radius 3 is 2.30 bits per heavy atom. The summed E-state index contributed by atoms with van der Waals surface area (Å²) in [6.45, 7) is -1.15. The molecule has 0 saturated heterocycles. The summed E-state index contributed by atoms with van der Waals surface area (Å²) in [7, 11) is 4.44. The topological polar surface area (TPSA) is 158 Å². The van der Waals surface area contributed by atoms with Crippen molar-refractivity contribution in [3.63, 3.8) is 0 Å². The number of aromatic hydroxyl groups is 2. The van der Waals surface area contributed by atoms with Crippen LogP contribution >= 0.6 is 21.6 Å². The molecular weight excluding hydrogens is 596 g/mol. The van der Waals surface area contributed by atoms with Crippen molar-refractivity contribution in [2.45, 2.75) is 88.0 Å². The Bertz CT molecular complexity index is 1160. The van der Waals surface area contributed by atoms with Gasteiger partial charge in [-0.05, 0) is 92.3 Å². The van der Waals surface area contributed by atoms with Crippen LogP contribution in [0.2, 0.25) is 0 Å². The maximum absolute atomic E-state index is 11.4. The lowest BCUT2D eigenvalue weighted by Gasteiger charge is -2.30. The first-order chi connectivity index (χ1) is 20.8. The molecule has 0 amide bonds. The fourth-order valence-corrected chi connectivity index (χ4v) is 8.15. The van der Waals surface area contributed by atoms with E-state index >= 15 is 0 Å². The molecule has 4 unspecified atom stereocenters. The van der Waals surface area contributed by atoms with Crippen LogP contribution < -0.4 is 14.2 Å². The van der Waals surface area contributed by atoms with Crippen LogP contribution in [-0.2, 0) is 23.3 Å². The number of aryl methyl sites for hydroxylation is 1. The lowest BCUT2D eigenvalue weighted by molar-refractivity contribution is -0.0808. The quantitative estimate of drug-likeness (QED) is 0.171. The van der Waals surface area contributed by atoms with E-state index in [-0.39, 0.29) is 41.9 Å². The minimum absolute atomic E-state index is 0.0322. The number of hydrogen-bond donors (Lipinski definition) is 6. The number of ether oxygens (including phenoxy) is 4. The summed E-state index contributed by atoms with van der Waals surface area (Å²) in [5, 5.41) is 62.7. The van der Waals surface area contributed by atoms with E-state index in [1.807, 2.05) is 6.07 Å². The van der Waals surface area contributed by atoms with Crippen LogP contribution in [0.4, 0.5) is 0 Å². The molecule has 43 heavy (non-hydrogen) atoms. The maximum Gasteiger partial charge on any atom is 0.200 e. The monoisotopic (exact) mass is 640 g/mol. The van der Waals surface area contributed by atoms with E-state index in [0.717, 1.165) is 36.8 Å². The maximum atomic E-state index is 11.4. The van der Waals surface area contributed by atoms with E-state index in [4.69, 9.17) is 18.9 Å². The summed E-state index contributed by atoms with van der Waals surface area (Å²) in [5.41, 5.74) is 2.62. The predicted octanol–water partition coefficient (Wildman–Crippen LogP) is 4.28. The van der Waals surface area contributed by atoms with Crippen LogP contribution in [0.1, 0.15) is 61.6 Å². The Kier molecular flexibility index (Phi) is 13.3. The third kappa shape index (κ3) is 9.46. The smallest absolute Gasteiger partial charge is 0.200 e. The molecule has 12 heteroatoms. The number of hydrogen-bond acceptors (Lipinski definition) is 12. The molecule has 2 aliphatic rings. The number of aliphatic hydroxyl groups is 4. The van der Waals surface area contributed by atoms with Gasteiger partial charge in [-0.15, -0.1) is 0 Å². The van der Waals surface area contributed by atoms with E-state index in [0.29, 0.717) is 35.7 Å². The number of benzene rings is 2. The molecule has 4 rings (SSSR count). The molecule has 6 N–H and O–H groups in total. The van der Waals surface area contributed by atoms with Crippen molar-refractivity contribution in [3.05, 3.63) is 41.0 Å². The Labute approximate surface area is 260 Å². The van der Waals surface area contributed by atoms with Gasteiger partial charge in [0.25, 0.3) is 0 Å². The third-order valence-electron chi connectivity index (χ3n) is 8.21. The first kappa shape index (κ1) is 33.8. The molecule has 0 aromatic heterocycles. The van der Waals surface area contributed by atoms with Gasteiger partial charge in [-0.25, -0.2) is 0 Å². The Balaban J connectivity index is 1.55. The van der Waals surface area contributed by atoms with Crippen LogP contribution in [0.5, 0.6) is 28.7 Å². The lowest BCUT2D eigenvalue weighted by Crippen LogP contribution is -2.38. The second-order valence-electron chi connectivity index (χ2n) is 11.1. The summed E-state index contributed by atoms with van der Waals surface area (Å²) in [5.74, 6) is 0.841. The Hall–Kier alpha value is -2.06. The van der Waals surface area contributed by atoms with Gasteiger partial charge in [-0.3, -0.25) is 0 Å². The van der Waals surface area contributed by atoms with Crippen molar-refractivity contribution in [1.82, 2.24) is 0 Å². The molecular formula is C31H44O10S2. The van der Waals surface area contributed by atoms with Gasteiger partial charge in [-0.2, -0.15) is 0 Å². The van der Waals surface area contributed by atoms with Gasteiger partial charge in [0.2, 0.25) is 5.75 Å². The van der Waals surface area contributed by atoms with E-state index in [2.05, 4.69) is 0 Å². The number of phenolic OH excluding ortho intramolecular Hbond substituents is 2. The van der Waals surface area contributed by atoms with Crippen molar-refractivity contribution in [2.75, 3.05) is 26.4 Å². The predicted molar refractivity (Wildman–Crippen MR) is 166 cm³/mol. The van der Waals surface area contributed by atoms with Crippen LogP contribution in [0, 0.1) is 5.92 Å². The van der Waals surface area contributed by atoms with Gasteiger partial charge in [0.15, 0.2) is 29.8 Å². The van der Waals surface area contributed by atoms with Crippen molar-refractivity contribution in [2.24, 2.45) is 5.92 Å². The minimum atomic E-state index is -0.982. The molecule has 4 atom stereocenters. The summed E-state index contributed by atoms with van der Waals surface area (Å²) in [6, 6.07) is 6.84. The normalized spacial score (nSPS) is 24.2. The summed E-state index contributed by atoms with van der Waals surface area (Å²) in [4.78, 5) is 0. The minimum Gasteiger partial charge on any atom is -0.504 e. The Morgan fingerprint density at radius 1 is 0.814 bits per heavy atom. The molecule has 240 valence electrons. The number of rotatable bonds is 9. The fourth-order valence-electron chi connectivity index (χ4n) is 5.85. The molecule has 0 radical (unpaired) electrons. The van der Waals surface area contributed by atoms with Gasteiger partial charge < -0.3 is 49.6 Å². The van der Waals surface area contributed by atoms with Crippen LogP contribution in [0.15, 0.2) is 24.3 Å². The van der Waals surface area contributed by atoms with Crippen molar-refractivity contribution < 1.29 is 49.6 Å². The average Bonchev–Trinajstić information content (AvgIpc) is 3.00. The standard InChI is InChI=1S/C31H44O10S2/c1-38-29-10-19(11-30(31(29)37)40-18-33)9-24-25(34)14-23(39-17-32)8-7-20-13-28(41-22-5-3-2-4-6-22)26(35)12-21(20)15-42-43-16-27(24)36/h10-13,22-25,27,32-37H,2-9,14-18H2,1H3. The zero-order valence-electron chi connectivity index (χ0n) is 24.5. The highest BCUT2D eigenvalue weighted by molar-refractivity contribution is 8.76. The zero-order valence-corrected chi connectivity index (χ0v) is 26.2. The highest BCUT2D eigenvalue weighted by Crippen LogP contribution is 2.40. The van der Waals surface area contributed by atoms with Crippen LogP contribution in [-0.4, -0.2) is 81.5 Å². The molecule has 0 spiro atoms. The number of fused-ring (bicyclic) bond motifs is 1. The van der Waals surface area contributed by atoms with Crippen LogP contribution in [0.25, 0.3) is 0 Å². The van der Waals surface area contributed by atoms with Crippen molar-refractivity contribution in [1.29, 1.82) is 0 Å². The zero-order chi connectivity index (χ0) is 30.8. The SMILES string of the molecule is COc1cc(CC2C(O)CSSCc3cc(O)c(OC4CCCCC4)cc3CCC(OCO)CC2O)cc(OCO)c1O. The third-order valence-corrected chi connectivity index (χ3v) is 10.5. The van der Waals surface area contributed by atoms with Gasteiger partial charge in [0.05, 0.1) is 31.5 Å². The lowest BCUT2D eigenvalue weighted by atomic mass is 9.86. The largest absolute Gasteiger partial charge is 0.504 e. The second kappa shape index (κ2) is 16.9. The molecule has 1 heterocycles. The molecule has 1 fully saturated rings. The fraction of sp³-hybridized carbons (Fsp3) is 0.613. The van der Waals surface area contributed by atoms with Gasteiger partial charge in [0.1, 0.15) is 6.79 Å². The molecule has 0 bridgehead atoms. The van der Waals surface area contributed by atoms with Crippen molar-refractivity contribution >= 4 is 21.6 Å². The van der Waals surface area contributed by atoms with Gasteiger partial charge >= 0.3 is 0 Å². The molecule has 1 aliphatic carbocycles. The van der Waals surface area contributed by atoms with Crippen LogP contribution in [0.3, 0.4) is 0 Å². The molecule has 10 nitrogen and oxygen atoms in total. The van der Waals surface area contributed by atoms with Gasteiger partial charge in [0, 0.05) is 17.4 Å². The number of aliphatic hydroxyl groups excluding tert-OH is 4. The molecule has 1 saturated carbocycles. The summed E-state index contributed by atoms with van der Waals surface area (Å²) >= 11 is 0. The second-order valence-corrected chi connectivity index (χ2v) is 13.6. The molecule has 1 aliphatic heterocycles. The van der Waals surface area contributed by atoms with E-state index in [1.54, 1.807) is 29.0 Å². The average molecular weight is 641 g/mol. The first-order valence-electron chi connectivity index (χ1n) is 14.8. The van der Waals surface area contributed by atoms with E-state index < -0.39 is 37.8 Å². The summed E-state index contributed by atoms with van der Waals surface area (Å²) < 4.78 is 22.3. The van der Waals surface area contributed by atoms with Crippen molar-refractivity contribution in [3.8, 4) is 28.7 Å². The molecule has 2 aromatic rings. The first-order valence-corrected chi connectivity index (χ1v) is 17.3. The van der Waals surface area contributed by atoms with Gasteiger partial charge in [-0.1, -0.05) is 28.0 Å². The highest BCUT2D eigenvalue weighted by atomic mass is 33.1. The van der Waals surface area contributed by atoms with E-state index in [1.165, 1.54) is 24.3 Å². The molecule has 2 aromatic carbocycles. The summed E-state index contributed by atoms with van der Waals surface area (Å²) in [6.07, 6.45) is 4.61. The highest BCUT2D eigenvalue weighted by Gasteiger charge is 2.31. The Morgan fingerprint density at radius 2 is 1.58 bits per heavy atom.